The Morgan fingerprint density at radius 3 is 2.82 bits per heavy atom. The third-order valence-electron chi connectivity index (χ3n) is 2.17. The molecule has 0 unspecified atom stereocenters. The summed E-state index contributed by atoms with van der Waals surface area (Å²) < 4.78 is 10.4. The number of benzene rings is 1. The van der Waals surface area contributed by atoms with Crippen LogP contribution < -0.4 is 4.74 Å². The number of carboxylic acid groups (broad SMARTS) is 1. The molecule has 1 aromatic carbocycles. The molecule has 0 amide bonds. The SMILES string of the molecule is CCOCc1ccc(OC)c(C=CC(=O)O)c1. The summed E-state index contributed by atoms with van der Waals surface area (Å²) in [6.45, 7) is 3.08. The Morgan fingerprint density at radius 2 is 2.24 bits per heavy atom. The van der Waals surface area contributed by atoms with E-state index in [4.69, 9.17) is 14.6 Å². The molecule has 0 aliphatic heterocycles. The van der Waals surface area contributed by atoms with Gasteiger partial charge in [-0.3, -0.25) is 0 Å². The van der Waals surface area contributed by atoms with E-state index in [2.05, 4.69) is 0 Å². The van der Waals surface area contributed by atoms with Crippen molar-refractivity contribution in [2.45, 2.75) is 13.5 Å². The second-order valence-electron chi connectivity index (χ2n) is 3.39. The molecule has 0 heterocycles. The number of hydrogen-bond donors (Lipinski definition) is 1. The first kappa shape index (κ1) is 13.3. The molecule has 0 aromatic heterocycles. The van der Waals surface area contributed by atoms with E-state index < -0.39 is 5.97 Å². The molecule has 1 aromatic rings. The van der Waals surface area contributed by atoms with E-state index in [0.717, 1.165) is 17.2 Å². The lowest BCUT2D eigenvalue weighted by atomic mass is 10.1. The number of ether oxygens (including phenoxy) is 2. The van der Waals surface area contributed by atoms with Crippen LogP contribution in [0.5, 0.6) is 5.75 Å². The predicted molar refractivity (Wildman–Crippen MR) is 65.0 cm³/mol. The molecule has 0 aliphatic carbocycles. The molecule has 0 bridgehead atoms. The maximum Gasteiger partial charge on any atom is 0.328 e. The molecule has 0 atom stereocenters. The smallest absolute Gasteiger partial charge is 0.328 e. The van der Waals surface area contributed by atoms with Crippen LogP contribution in [-0.2, 0) is 16.1 Å². The Balaban J connectivity index is 2.93. The minimum absolute atomic E-state index is 0.508. The van der Waals surface area contributed by atoms with E-state index >= 15 is 0 Å². The molecule has 0 saturated heterocycles. The monoisotopic (exact) mass is 236 g/mol. The molecule has 1 rings (SSSR count). The Labute approximate surface area is 100 Å². The summed E-state index contributed by atoms with van der Waals surface area (Å²) in [5.74, 6) is -0.343. The lowest BCUT2D eigenvalue weighted by Crippen LogP contribution is -1.95. The van der Waals surface area contributed by atoms with E-state index in [9.17, 15) is 4.79 Å². The molecule has 0 spiro atoms. The van der Waals surface area contributed by atoms with E-state index in [1.165, 1.54) is 6.08 Å². The minimum atomic E-state index is -0.984. The van der Waals surface area contributed by atoms with Crippen molar-refractivity contribution >= 4 is 12.0 Å². The van der Waals surface area contributed by atoms with Crippen LogP contribution in [0, 0.1) is 0 Å². The van der Waals surface area contributed by atoms with Gasteiger partial charge in [-0.25, -0.2) is 4.79 Å². The van der Waals surface area contributed by atoms with E-state index in [1.807, 2.05) is 19.1 Å². The highest BCUT2D eigenvalue weighted by Gasteiger charge is 2.02. The molecule has 0 aliphatic rings. The number of methoxy groups -OCH3 is 1. The molecular weight excluding hydrogens is 220 g/mol. The quantitative estimate of drug-likeness (QED) is 0.770. The predicted octanol–water partition coefficient (Wildman–Crippen LogP) is 2.33. The maximum absolute atomic E-state index is 10.5. The summed E-state index contributed by atoms with van der Waals surface area (Å²) in [5.41, 5.74) is 1.71. The third-order valence-corrected chi connectivity index (χ3v) is 2.17. The molecule has 0 saturated carbocycles. The van der Waals surface area contributed by atoms with Crippen molar-refractivity contribution in [2.24, 2.45) is 0 Å². The standard InChI is InChI=1S/C13H16O4/c1-3-17-9-10-4-6-12(16-2)11(8-10)5-7-13(14)15/h4-8H,3,9H2,1-2H3,(H,14,15). The van der Waals surface area contributed by atoms with Gasteiger partial charge in [-0.1, -0.05) is 6.07 Å². The summed E-state index contributed by atoms with van der Waals surface area (Å²) in [4.78, 5) is 10.5. The lowest BCUT2D eigenvalue weighted by Gasteiger charge is -2.07. The molecule has 4 heteroatoms. The van der Waals surface area contributed by atoms with Crippen LogP contribution >= 0.6 is 0 Å². The maximum atomic E-state index is 10.5. The molecule has 1 N–H and O–H groups in total. The first-order chi connectivity index (χ1) is 8.17. The summed E-state index contributed by atoms with van der Waals surface area (Å²) in [6, 6.07) is 5.55. The van der Waals surface area contributed by atoms with Crippen LogP contribution in [0.3, 0.4) is 0 Å². The minimum Gasteiger partial charge on any atom is -0.496 e. The summed E-state index contributed by atoms with van der Waals surface area (Å²) >= 11 is 0. The zero-order chi connectivity index (χ0) is 12.7. The van der Waals surface area contributed by atoms with Gasteiger partial charge in [0.2, 0.25) is 0 Å². The Bertz CT molecular complexity index is 410. The van der Waals surface area contributed by atoms with Crippen molar-refractivity contribution in [1.82, 2.24) is 0 Å². The van der Waals surface area contributed by atoms with Crippen molar-refractivity contribution in [3.05, 3.63) is 35.4 Å². The summed E-state index contributed by atoms with van der Waals surface area (Å²) in [6.07, 6.45) is 2.60. The van der Waals surface area contributed by atoms with Crippen LogP contribution in [0.15, 0.2) is 24.3 Å². The van der Waals surface area contributed by atoms with Gasteiger partial charge < -0.3 is 14.6 Å². The van der Waals surface area contributed by atoms with Crippen molar-refractivity contribution < 1.29 is 19.4 Å². The van der Waals surface area contributed by atoms with E-state index in [0.29, 0.717) is 19.0 Å². The van der Waals surface area contributed by atoms with Crippen LogP contribution in [0.25, 0.3) is 6.08 Å². The second-order valence-corrected chi connectivity index (χ2v) is 3.39. The van der Waals surface area contributed by atoms with Crippen LogP contribution in [0.1, 0.15) is 18.1 Å². The molecule has 0 radical (unpaired) electrons. The molecule has 0 fully saturated rings. The highest BCUT2D eigenvalue weighted by atomic mass is 16.5. The molecule has 4 nitrogen and oxygen atoms in total. The van der Waals surface area contributed by atoms with Crippen molar-refractivity contribution in [3.63, 3.8) is 0 Å². The van der Waals surface area contributed by atoms with Crippen molar-refractivity contribution in [3.8, 4) is 5.75 Å². The Morgan fingerprint density at radius 1 is 1.47 bits per heavy atom. The summed E-state index contributed by atoms with van der Waals surface area (Å²) in [7, 11) is 1.55. The van der Waals surface area contributed by atoms with Crippen molar-refractivity contribution in [2.75, 3.05) is 13.7 Å². The van der Waals surface area contributed by atoms with Gasteiger partial charge in [0.1, 0.15) is 5.75 Å². The zero-order valence-electron chi connectivity index (χ0n) is 9.97. The highest BCUT2D eigenvalue weighted by Crippen LogP contribution is 2.21. The number of hydrogen-bond acceptors (Lipinski definition) is 3. The van der Waals surface area contributed by atoms with Crippen LogP contribution in [0.4, 0.5) is 0 Å². The Kier molecular flexibility index (Phi) is 5.23. The normalized spacial score (nSPS) is 10.7. The average Bonchev–Trinajstić information content (AvgIpc) is 2.33. The highest BCUT2D eigenvalue weighted by molar-refractivity contribution is 5.85. The average molecular weight is 236 g/mol. The second kappa shape index (κ2) is 6.70. The third kappa shape index (κ3) is 4.28. The van der Waals surface area contributed by atoms with Crippen LogP contribution in [-0.4, -0.2) is 24.8 Å². The van der Waals surface area contributed by atoms with E-state index in [-0.39, 0.29) is 0 Å². The number of carbonyl (C=O) groups is 1. The van der Waals surface area contributed by atoms with Crippen molar-refractivity contribution in [1.29, 1.82) is 0 Å². The van der Waals surface area contributed by atoms with Crippen LogP contribution in [0.2, 0.25) is 0 Å². The van der Waals surface area contributed by atoms with Gasteiger partial charge >= 0.3 is 5.97 Å². The molecule has 92 valence electrons. The summed E-state index contributed by atoms with van der Waals surface area (Å²) in [5, 5.41) is 8.60. The number of aliphatic carboxylic acids is 1. The van der Waals surface area contributed by atoms with Gasteiger partial charge in [-0.2, -0.15) is 0 Å². The molecule has 17 heavy (non-hydrogen) atoms. The van der Waals surface area contributed by atoms with Gasteiger partial charge in [-0.15, -0.1) is 0 Å². The molecular formula is C13H16O4. The van der Waals surface area contributed by atoms with Gasteiger partial charge in [0.25, 0.3) is 0 Å². The first-order valence-electron chi connectivity index (χ1n) is 5.33. The number of rotatable bonds is 6. The zero-order valence-corrected chi connectivity index (χ0v) is 9.97. The fourth-order valence-corrected chi connectivity index (χ4v) is 1.38. The van der Waals surface area contributed by atoms with Gasteiger partial charge in [0, 0.05) is 18.2 Å². The van der Waals surface area contributed by atoms with Gasteiger partial charge in [0.05, 0.1) is 13.7 Å². The van der Waals surface area contributed by atoms with Gasteiger partial charge in [-0.05, 0) is 30.7 Å². The van der Waals surface area contributed by atoms with Gasteiger partial charge in [0.15, 0.2) is 0 Å². The van der Waals surface area contributed by atoms with E-state index in [1.54, 1.807) is 13.2 Å². The number of carboxylic acids is 1. The topological polar surface area (TPSA) is 55.8 Å². The fraction of sp³-hybridized carbons (Fsp3) is 0.308. The first-order valence-corrected chi connectivity index (χ1v) is 5.33. The Hall–Kier alpha value is -1.81. The lowest BCUT2D eigenvalue weighted by molar-refractivity contribution is -0.131. The largest absolute Gasteiger partial charge is 0.496 e. The fourth-order valence-electron chi connectivity index (χ4n) is 1.38.